The Morgan fingerprint density at radius 3 is 2.66 bits per heavy atom. The Kier molecular flexibility index (Phi) is 6.65. The smallest absolute Gasteiger partial charge is 0.416 e. The van der Waals surface area contributed by atoms with Gasteiger partial charge in [0.05, 0.1) is 18.2 Å². The van der Waals surface area contributed by atoms with Crippen LogP contribution in [-0.4, -0.2) is 60.0 Å². The van der Waals surface area contributed by atoms with Gasteiger partial charge < -0.3 is 14.4 Å². The molecule has 0 unspecified atom stereocenters. The fraction of sp³-hybridized carbons (Fsp3) is 0.438. The summed E-state index contributed by atoms with van der Waals surface area (Å²) in [5, 5.41) is 0. The average Bonchev–Trinajstić information content (AvgIpc) is 3.26. The van der Waals surface area contributed by atoms with Gasteiger partial charge in [0.15, 0.2) is 0 Å². The second-order valence-electron chi connectivity index (χ2n) is 11.5. The number of rotatable bonds is 4. The highest BCUT2D eigenvalue weighted by molar-refractivity contribution is 5.94. The zero-order valence-corrected chi connectivity index (χ0v) is 23.0. The van der Waals surface area contributed by atoms with E-state index in [1.165, 1.54) is 30.2 Å². The topological polar surface area (TPSA) is 59.1 Å². The van der Waals surface area contributed by atoms with Crippen molar-refractivity contribution in [2.75, 3.05) is 20.1 Å². The van der Waals surface area contributed by atoms with Crippen LogP contribution in [0.3, 0.4) is 0 Å². The summed E-state index contributed by atoms with van der Waals surface area (Å²) in [6.45, 7) is 6.61. The number of ether oxygens (including phenoxy) is 2. The number of nitrogens with zero attached hydrogens (tertiary/aromatic N) is 2. The standard InChI is InChI=1S/C32H31F3N2O4/c1-19(40-20(2)38)18-37-16-15-31-24-12-13-25(30(31)41-27-6-4-5-22(29(27)31)17-26(24)37)36(3)28(39)14-9-21-7-10-23(11-8-21)32(33,34)35/h4-8,10-11,24-26,30H,1,12-13,15-18H2,2-3H3/t24-,25+,26+,30-,31-/m0/s1. The number of likely N-dealkylation sites (N-methyl/N-ethyl adjacent to an activating group) is 1. The first kappa shape index (κ1) is 27.4. The van der Waals surface area contributed by atoms with Crippen molar-refractivity contribution in [3.63, 3.8) is 0 Å². The van der Waals surface area contributed by atoms with Crippen LogP contribution in [0.1, 0.15) is 48.4 Å². The maximum absolute atomic E-state index is 13.3. The molecule has 2 bridgehead atoms. The molecule has 2 aromatic carbocycles. The second-order valence-corrected chi connectivity index (χ2v) is 11.5. The molecule has 41 heavy (non-hydrogen) atoms. The molecule has 2 aliphatic carbocycles. The number of esters is 1. The molecular formula is C32H31F3N2O4. The Labute approximate surface area is 237 Å². The molecule has 5 atom stereocenters. The minimum atomic E-state index is -4.43. The Morgan fingerprint density at radius 1 is 1.20 bits per heavy atom. The average molecular weight is 565 g/mol. The van der Waals surface area contributed by atoms with Crippen molar-refractivity contribution in [2.45, 2.75) is 62.4 Å². The largest absolute Gasteiger partial charge is 0.487 e. The summed E-state index contributed by atoms with van der Waals surface area (Å²) in [5.41, 5.74) is 1.87. The minimum Gasteiger partial charge on any atom is -0.487 e. The van der Waals surface area contributed by atoms with Gasteiger partial charge in [0.2, 0.25) is 0 Å². The normalized spacial score (nSPS) is 27.5. The monoisotopic (exact) mass is 564 g/mol. The van der Waals surface area contributed by atoms with Gasteiger partial charge in [0.1, 0.15) is 17.6 Å². The van der Waals surface area contributed by atoms with E-state index in [4.69, 9.17) is 9.47 Å². The Bertz CT molecular complexity index is 1470. The molecule has 6 nitrogen and oxygen atoms in total. The number of carbonyl (C=O) groups is 2. The molecule has 2 heterocycles. The lowest BCUT2D eigenvalue weighted by Crippen LogP contribution is -2.69. The third-order valence-corrected chi connectivity index (χ3v) is 9.31. The zero-order valence-electron chi connectivity index (χ0n) is 23.0. The van der Waals surface area contributed by atoms with Crippen LogP contribution in [0, 0.1) is 17.8 Å². The number of amides is 1. The summed E-state index contributed by atoms with van der Waals surface area (Å²) >= 11 is 0. The van der Waals surface area contributed by atoms with Gasteiger partial charge in [-0.1, -0.05) is 24.6 Å². The lowest BCUT2D eigenvalue weighted by atomic mass is 9.51. The molecule has 0 N–H and O–H groups in total. The molecule has 0 aromatic heterocycles. The van der Waals surface area contributed by atoms with E-state index in [2.05, 4.69) is 29.4 Å². The SMILES string of the molecule is C=C(CN1CC[C@]23c4c5cccc4O[C@H]2[C@H](N(C)C(=O)C#Cc2ccc(C(F)(F)F)cc2)CC[C@H]3[C@H]1C5)OC(C)=O. The molecule has 6 rings (SSSR count). The molecule has 214 valence electrons. The lowest BCUT2D eigenvalue weighted by molar-refractivity contribution is -0.139. The second kappa shape index (κ2) is 9.95. The molecule has 1 saturated carbocycles. The molecule has 2 fully saturated rings. The summed E-state index contributed by atoms with van der Waals surface area (Å²) in [6, 6.07) is 10.7. The van der Waals surface area contributed by atoms with E-state index >= 15 is 0 Å². The number of hydrogen-bond acceptors (Lipinski definition) is 5. The summed E-state index contributed by atoms with van der Waals surface area (Å²) in [7, 11) is 1.73. The van der Waals surface area contributed by atoms with Crippen LogP contribution in [0.5, 0.6) is 5.75 Å². The highest BCUT2D eigenvalue weighted by Crippen LogP contribution is 2.62. The zero-order chi connectivity index (χ0) is 29.1. The number of piperidine rings is 1. The predicted octanol–water partition coefficient (Wildman–Crippen LogP) is 4.70. The maximum atomic E-state index is 13.3. The number of benzene rings is 2. The van der Waals surface area contributed by atoms with Gasteiger partial charge in [0.25, 0.3) is 5.91 Å². The summed E-state index contributed by atoms with van der Waals surface area (Å²) in [4.78, 5) is 28.8. The van der Waals surface area contributed by atoms with Gasteiger partial charge in [0, 0.05) is 42.5 Å². The fourth-order valence-electron chi connectivity index (χ4n) is 7.73. The lowest BCUT2D eigenvalue weighted by Gasteiger charge is -2.60. The first-order valence-electron chi connectivity index (χ1n) is 13.8. The summed E-state index contributed by atoms with van der Waals surface area (Å²) in [6.07, 6.45) is -1.32. The highest BCUT2D eigenvalue weighted by atomic mass is 19.4. The minimum absolute atomic E-state index is 0.206. The summed E-state index contributed by atoms with van der Waals surface area (Å²) < 4.78 is 50.6. The van der Waals surface area contributed by atoms with Crippen molar-refractivity contribution in [1.29, 1.82) is 0 Å². The van der Waals surface area contributed by atoms with Crippen LogP contribution in [0.4, 0.5) is 13.2 Å². The fourth-order valence-corrected chi connectivity index (χ4v) is 7.73. The van der Waals surface area contributed by atoms with E-state index in [9.17, 15) is 22.8 Å². The Hall–Kier alpha value is -3.77. The molecular weight excluding hydrogens is 533 g/mol. The molecule has 1 spiro atoms. The van der Waals surface area contributed by atoms with Crippen LogP contribution in [0.25, 0.3) is 0 Å². The van der Waals surface area contributed by atoms with E-state index in [1.807, 2.05) is 12.1 Å². The number of halogens is 3. The van der Waals surface area contributed by atoms with Gasteiger partial charge in [-0.3, -0.25) is 14.5 Å². The molecule has 1 amide bonds. The van der Waals surface area contributed by atoms with Crippen LogP contribution in [0.2, 0.25) is 0 Å². The molecule has 0 radical (unpaired) electrons. The van der Waals surface area contributed by atoms with E-state index in [-0.39, 0.29) is 29.6 Å². The van der Waals surface area contributed by atoms with E-state index < -0.39 is 17.6 Å². The molecule has 2 aromatic rings. The van der Waals surface area contributed by atoms with Gasteiger partial charge in [-0.25, -0.2) is 0 Å². The third kappa shape index (κ3) is 4.58. The Balaban J connectivity index is 1.26. The Morgan fingerprint density at radius 2 is 1.95 bits per heavy atom. The van der Waals surface area contributed by atoms with Crippen molar-refractivity contribution in [1.82, 2.24) is 9.80 Å². The van der Waals surface area contributed by atoms with E-state index in [0.29, 0.717) is 23.8 Å². The van der Waals surface area contributed by atoms with Crippen LogP contribution in [0.15, 0.2) is 54.8 Å². The molecule has 2 aliphatic heterocycles. The maximum Gasteiger partial charge on any atom is 0.416 e. The van der Waals surface area contributed by atoms with Gasteiger partial charge in [-0.15, -0.1) is 0 Å². The molecule has 1 saturated heterocycles. The van der Waals surface area contributed by atoms with E-state index in [0.717, 1.165) is 50.1 Å². The number of likely N-dealkylation sites (tertiary alicyclic amines) is 1. The molecule has 4 aliphatic rings. The number of hydrogen-bond donors (Lipinski definition) is 0. The van der Waals surface area contributed by atoms with Crippen LogP contribution < -0.4 is 4.74 Å². The number of carbonyl (C=O) groups excluding carboxylic acids is 2. The van der Waals surface area contributed by atoms with Crippen molar-refractivity contribution < 1.29 is 32.2 Å². The third-order valence-electron chi connectivity index (χ3n) is 9.31. The predicted molar refractivity (Wildman–Crippen MR) is 145 cm³/mol. The number of alkyl halides is 3. The van der Waals surface area contributed by atoms with Crippen molar-refractivity contribution in [3.05, 3.63) is 77.1 Å². The van der Waals surface area contributed by atoms with E-state index in [1.54, 1.807) is 11.9 Å². The quantitative estimate of drug-likeness (QED) is 0.306. The van der Waals surface area contributed by atoms with Crippen molar-refractivity contribution in [3.8, 4) is 17.6 Å². The highest BCUT2D eigenvalue weighted by Gasteiger charge is 2.66. The summed E-state index contributed by atoms with van der Waals surface area (Å²) in [5.74, 6) is 6.22. The van der Waals surface area contributed by atoms with Crippen LogP contribution >= 0.6 is 0 Å². The molecule has 9 heteroatoms. The first-order chi connectivity index (χ1) is 19.5. The van der Waals surface area contributed by atoms with Crippen LogP contribution in [-0.2, 0) is 32.3 Å². The van der Waals surface area contributed by atoms with Gasteiger partial charge in [-0.05, 0) is 74.0 Å². The first-order valence-corrected chi connectivity index (χ1v) is 13.8. The van der Waals surface area contributed by atoms with Crippen molar-refractivity contribution >= 4 is 11.9 Å². The van der Waals surface area contributed by atoms with Gasteiger partial charge >= 0.3 is 12.1 Å². The van der Waals surface area contributed by atoms with Crippen molar-refractivity contribution in [2.24, 2.45) is 5.92 Å². The van der Waals surface area contributed by atoms with Gasteiger partial charge in [-0.2, -0.15) is 13.2 Å².